The van der Waals surface area contributed by atoms with Crippen LogP contribution < -0.4 is 16.0 Å². The molecule has 2 atom stereocenters. The molecule has 1 aromatic carbocycles. The second-order valence-electron chi connectivity index (χ2n) is 8.04. The summed E-state index contributed by atoms with van der Waals surface area (Å²) in [4.78, 5) is 19.8. The van der Waals surface area contributed by atoms with Gasteiger partial charge in [0.15, 0.2) is 5.13 Å². The van der Waals surface area contributed by atoms with E-state index in [9.17, 15) is 4.79 Å². The van der Waals surface area contributed by atoms with E-state index in [1.165, 1.54) is 4.70 Å². The Kier molecular flexibility index (Phi) is 7.97. The molecule has 28 heavy (non-hydrogen) atoms. The lowest BCUT2D eigenvalue weighted by molar-refractivity contribution is -0.129. The number of nitrogens with two attached hydrogens (primary N) is 1. The molecule has 1 saturated carbocycles. The fourth-order valence-corrected chi connectivity index (χ4v) is 5.32. The summed E-state index contributed by atoms with van der Waals surface area (Å²) in [5.41, 5.74) is 7.10. The molecule has 2 aliphatic rings. The number of rotatable bonds is 3. The van der Waals surface area contributed by atoms with Gasteiger partial charge in [-0.3, -0.25) is 4.79 Å². The number of benzene rings is 1. The molecule has 0 bridgehead atoms. The quantitative estimate of drug-likeness (QED) is 0.745. The SMILES string of the molecule is CC1(N)CCCCC1C(=O)NC1CCN(c2nc3ccccc3s2)CC1.Cl.Cl. The number of nitrogens with zero attached hydrogens (tertiary/aromatic N) is 2. The van der Waals surface area contributed by atoms with Crippen molar-refractivity contribution in [1.82, 2.24) is 10.3 Å². The normalized spacial score (nSPS) is 25.6. The molecule has 5 nitrogen and oxygen atoms in total. The zero-order chi connectivity index (χ0) is 18.1. The predicted octanol–water partition coefficient (Wildman–Crippen LogP) is 4.13. The first-order valence-corrected chi connectivity index (χ1v) is 10.5. The van der Waals surface area contributed by atoms with E-state index in [1.807, 2.05) is 13.0 Å². The number of nitrogens with one attached hydrogen (secondary N) is 1. The van der Waals surface area contributed by atoms with Gasteiger partial charge in [0.1, 0.15) is 0 Å². The van der Waals surface area contributed by atoms with Gasteiger partial charge < -0.3 is 16.0 Å². The number of hydrogen-bond acceptors (Lipinski definition) is 5. The Morgan fingerprint density at radius 3 is 2.61 bits per heavy atom. The first-order valence-electron chi connectivity index (χ1n) is 9.73. The number of anilines is 1. The van der Waals surface area contributed by atoms with Crippen LogP contribution in [0.5, 0.6) is 0 Å². The van der Waals surface area contributed by atoms with Crippen molar-refractivity contribution in [3.05, 3.63) is 24.3 Å². The monoisotopic (exact) mass is 444 g/mol. The van der Waals surface area contributed by atoms with Crippen molar-refractivity contribution in [2.75, 3.05) is 18.0 Å². The second-order valence-corrected chi connectivity index (χ2v) is 9.05. The predicted molar refractivity (Wildman–Crippen MR) is 122 cm³/mol. The maximum Gasteiger partial charge on any atom is 0.225 e. The van der Waals surface area contributed by atoms with E-state index in [0.29, 0.717) is 0 Å². The molecular formula is C20H30Cl2N4OS. The van der Waals surface area contributed by atoms with Gasteiger partial charge in [-0.05, 0) is 44.7 Å². The number of hydrogen-bond donors (Lipinski definition) is 2. The van der Waals surface area contributed by atoms with Crippen LogP contribution in [0.3, 0.4) is 0 Å². The van der Waals surface area contributed by atoms with Crippen molar-refractivity contribution in [3.8, 4) is 0 Å². The smallest absolute Gasteiger partial charge is 0.225 e. The van der Waals surface area contributed by atoms with E-state index >= 15 is 0 Å². The molecule has 1 aliphatic heterocycles. The van der Waals surface area contributed by atoms with Gasteiger partial charge in [0.25, 0.3) is 0 Å². The van der Waals surface area contributed by atoms with Crippen LogP contribution in [0.15, 0.2) is 24.3 Å². The van der Waals surface area contributed by atoms with Crippen molar-refractivity contribution in [3.63, 3.8) is 0 Å². The van der Waals surface area contributed by atoms with E-state index in [2.05, 4.69) is 28.4 Å². The number of thiazole rings is 1. The maximum absolute atomic E-state index is 12.7. The molecule has 1 aromatic heterocycles. The number of fused-ring (bicyclic) bond motifs is 1. The van der Waals surface area contributed by atoms with Crippen molar-refractivity contribution in [2.45, 2.75) is 57.0 Å². The average molecular weight is 445 g/mol. The number of piperidine rings is 1. The summed E-state index contributed by atoms with van der Waals surface area (Å²) < 4.78 is 1.23. The molecule has 0 radical (unpaired) electrons. The van der Waals surface area contributed by atoms with Crippen LogP contribution in [0.4, 0.5) is 5.13 Å². The van der Waals surface area contributed by atoms with Gasteiger partial charge in [-0.1, -0.05) is 36.3 Å². The minimum Gasteiger partial charge on any atom is -0.353 e. The summed E-state index contributed by atoms with van der Waals surface area (Å²) in [5.74, 6) is 0.117. The number of halogens is 2. The van der Waals surface area contributed by atoms with Gasteiger partial charge in [0, 0.05) is 24.7 Å². The van der Waals surface area contributed by atoms with Crippen molar-refractivity contribution in [1.29, 1.82) is 0 Å². The van der Waals surface area contributed by atoms with Crippen molar-refractivity contribution >= 4 is 57.4 Å². The van der Waals surface area contributed by atoms with E-state index in [-0.39, 0.29) is 48.2 Å². The molecule has 2 unspecified atom stereocenters. The molecule has 2 heterocycles. The van der Waals surface area contributed by atoms with Crippen LogP contribution in [0.2, 0.25) is 0 Å². The van der Waals surface area contributed by atoms with Crippen LogP contribution in [-0.4, -0.2) is 35.6 Å². The molecule has 8 heteroatoms. The number of amides is 1. The fraction of sp³-hybridized carbons (Fsp3) is 0.600. The van der Waals surface area contributed by atoms with Gasteiger partial charge in [0.2, 0.25) is 5.91 Å². The van der Waals surface area contributed by atoms with E-state index < -0.39 is 0 Å². The molecule has 1 amide bonds. The summed E-state index contributed by atoms with van der Waals surface area (Å²) in [6, 6.07) is 8.53. The van der Waals surface area contributed by atoms with Crippen LogP contribution in [0.1, 0.15) is 45.4 Å². The molecule has 2 fully saturated rings. The molecule has 156 valence electrons. The van der Waals surface area contributed by atoms with Crippen LogP contribution >= 0.6 is 36.2 Å². The number of carbonyl (C=O) groups is 1. The van der Waals surface area contributed by atoms with Gasteiger partial charge >= 0.3 is 0 Å². The molecule has 0 spiro atoms. The average Bonchev–Trinajstić information content (AvgIpc) is 3.06. The highest BCUT2D eigenvalue weighted by Gasteiger charge is 2.38. The third-order valence-electron chi connectivity index (χ3n) is 5.97. The van der Waals surface area contributed by atoms with Gasteiger partial charge in [-0.15, -0.1) is 24.8 Å². The topological polar surface area (TPSA) is 71.2 Å². The van der Waals surface area contributed by atoms with Crippen LogP contribution in [-0.2, 0) is 4.79 Å². The Morgan fingerprint density at radius 1 is 1.21 bits per heavy atom. The first kappa shape index (κ1) is 23.2. The standard InChI is InChI=1S/C20H28N4OS.2ClH/c1-20(21)11-5-4-6-15(20)18(25)22-14-9-12-24(13-10-14)19-23-16-7-2-3-8-17(16)26-19;;/h2-3,7-8,14-15H,4-6,9-13,21H2,1H3,(H,22,25);2*1H. The van der Waals surface area contributed by atoms with Crippen LogP contribution in [0, 0.1) is 5.92 Å². The number of para-hydroxylation sites is 1. The summed E-state index contributed by atoms with van der Waals surface area (Å²) in [6.45, 7) is 3.91. The zero-order valence-electron chi connectivity index (χ0n) is 16.2. The molecular weight excluding hydrogens is 415 g/mol. The number of carbonyl (C=O) groups excluding carboxylic acids is 1. The number of aromatic nitrogens is 1. The van der Waals surface area contributed by atoms with Crippen LogP contribution in [0.25, 0.3) is 10.2 Å². The van der Waals surface area contributed by atoms with Crippen molar-refractivity contribution in [2.24, 2.45) is 11.7 Å². The molecule has 3 N–H and O–H groups in total. The van der Waals surface area contributed by atoms with E-state index in [4.69, 9.17) is 10.7 Å². The fourth-order valence-electron chi connectivity index (χ4n) is 4.30. The summed E-state index contributed by atoms with van der Waals surface area (Å²) in [6.07, 6.45) is 6.05. The minimum atomic E-state index is -0.357. The van der Waals surface area contributed by atoms with Gasteiger partial charge in [-0.2, -0.15) is 0 Å². The Balaban J connectivity index is 0.00000140. The first-order chi connectivity index (χ1) is 12.5. The third kappa shape index (κ3) is 4.90. The van der Waals surface area contributed by atoms with Gasteiger partial charge in [-0.25, -0.2) is 4.98 Å². The molecule has 4 rings (SSSR count). The lowest BCUT2D eigenvalue weighted by atomic mass is 9.74. The Morgan fingerprint density at radius 2 is 1.93 bits per heavy atom. The summed E-state index contributed by atoms with van der Waals surface area (Å²) in [5, 5.41) is 4.38. The Hall–Kier alpha value is -1.08. The maximum atomic E-state index is 12.7. The summed E-state index contributed by atoms with van der Waals surface area (Å²) in [7, 11) is 0. The molecule has 2 aromatic rings. The second kappa shape index (κ2) is 9.61. The molecule has 1 saturated heterocycles. The molecule has 1 aliphatic carbocycles. The highest BCUT2D eigenvalue weighted by atomic mass is 35.5. The highest BCUT2D eigenvalue weighted by Crippen LogP contribution is 2.33. The third-order valence-corrected chi connectivity index (χ3v) is 7.06. The minimum absolute atomic E-state index is 0. The Bertz CT molecular complexity index is 756. The summed E-state index contributed by atoms with van der Waals surface area (Å²) >= 11 is 1.75. The van der Waals surface area contributed by atoms with Crippen molar-refractivity contribution < 1.29 is 4.79 Å². The van der Waals surface area contributed by atoms with Gasteiger partial charge in [0.05, 0.1) is 16.1 Å². The van der Waals surface area contributed by atoms with E-state index in [1.54, 1.807) is 11.3 Å². The zero-order valence-corrected chi connectivity index (χ0v) is 18.7. The van der Waals surface area contributed by atoms with E-state index in [0.717, 1.165) is 62.3 Å². The highest BCUT2D eigenvalue weighted by molar-refractivity contribution is 7.22. The largest absolute Gasteiger partial charge is 0.353 e. The lowest BCUT2D eigenvalue weighted by Crippen LogP contribution is -2.55. The Labute approximate surface area is 183 Å². The lowest BCUT2D eigenvalue weighted by Gasteiger charge is -2.39.